The van der Waals surface area contributed by atoms with Gasteiger partial charge in [0.2, 0.25) is 0 Å². The summed E-state index contributed by atoms with van der Waals surface area (Å²) >= 11 is 0. The van der Waals surface area contributed by atoms with Crippen LogP contribution in [0.4, 0.5) is 4.39 Å². The maximum Gasteiger partial charge on any atom is 0.108 e. The van der Waals surface area contributed by atoms with Crippen LogP contribution >= 0.6 is 0 Å². The minimum atomic E-state index is -0.245. The largest absolute Gasteiger partial charge is 0.469 e. The summed E-state index contributed by atoms with van der Waals surface area (Å²) < 4.78 is 17.4. The molecule has 0 bridgehead atoms. The summed E-state index contributed by atoms with van der Waals surface area (Å²) in [6, 6.07) is 3.91. The zero-order chi connectivity index (χ0) is 9.10. The van der Waals surface area contributed by atoms with Gasteiger partial charge in [0.1, 0.15) is 12.4 Å². The Morgan fingerprint density at radius 2 is 2.54 bits per heavy atom. The molecule has 1 atom stereocenters. The molecular weight excluding hydrogens is 169 g/mol. The molecule has 3 heteroatoms. The second kappa shape index (κ2) is 3.92. The topological polar surface area (TPSA) is 16.4 Å². The molecule has 1 unspecified atom stereocenters. The minimum absolute atomic E-state index is 0.245. The van der Waals surface area contributed by atoms with E-state index >= 15 is 0 Å². The minimum Gasteiger partial charge on any atom is -0.469 e. The average molecular weight is 183 g/mol. The van der Waals surface area contributed by atoms with E-state index in [2.05, 4.69) is 4.90 Å². The molecule has 13 heavy (non-hydrogen) atoms. The lowest BCUT2D eigenvalue weighted by atomic mass is 10.1. The third kappa shape index (κ3) is 1.91. The standard InChI is InChI=1S/C10H14FNO/c11-4-6-12-5-3-9(8-12)10-2-1-7-13-10/h1-2,7,9H,3-6,8H2. The second-order valence-corrected chi connectivity index (χ2v) is 3.49. The molecule has 1 aliphatic rings. The van der Waals surface area contributed by atoms with Gasteiger partial charge in [0.05, 0.1) is 6.26 Å². The molecule has 1 fully saturated rings. The highest BCUT2D eigenvalue weighted by molar-refractivity contribution is 5.08. The van der Waals surface area contributed by atoms with Crippen LogP contribution in [0.25, 0.3) is 0 Å². The average Bonchev–Trinajstić information content (AvgIpc) is 2.70. The van der Waals surface area contributed by atoms with Gasteiger partial charge < -0.3 is 4.42 Å². The fourth-order valence-corrected chi connectivity index (χ4v) is 1.91. The number of hydrogen-bond donors (Lipinski definition) is 0. The van der Waals surface area contributed by atoms with Gasteiger partial charge in [0.25, 0.3) is 0 Å². The van der Waals surface area contributed by atoms with Crippen LogP contribution < -0.4 is 0 Å². The van der Waals surface area contributed by atoms with Gasteiger partial charge in [-0.15, -0.1) is 0 Å². The van der Waals surface area contributed by atoms with Crippen molar-refractivity contribution in [2.75, 3.05) is 26.3 Å². The number of furan rings is 1. The number of hydrogen-bond acceptors (Lipinski definition) is 2. The van der Waals surface area contributed by atoms with Crippen LogP contribution in [0.3, 0.4) is 0 Å². The van der Waals surface area contributed by atoms with Gasteiger partial charge in [-0.3, -0.25) is 4.90 Å². The fraction of sp³-hybridized carbons (Fsp3) is 0.600. The van der Waals surface area contributed by atoms with Gasteiger partial charge in [0.15, 0.2) is 0 Å². The van der Waals surface area contributed by atoms with Gasteiger partial charge in [-0.1, -0.05) is 0 Å². The molecule has 1 aromatic heterocycles. The zero-order valence-corrected chi connectivity index (χ0v) is 7.58. The van der Waals surface area contributed by atoms with Crippen LogP contribution in [-0.4, -0.2) is 31.2 Å². The Morgan fingerprint density at radius 1 is 1.62 bits per heavy atom. The van der Waals surface area contributed by atoms with E-state index in [1.807, 2.05) is 12.1 Å². The lowest BCUT2D eigenvalue weighted by Gasteiger charge is -2.12. The van der Waals surface area contributed by atoms with E-state index in [9.17, 15) is 4.39 Å². The smallest absolute Gasteiger partial charge is 0.108 e. The molecular formula is C10H14FNO. The van der Waals surface area contributed by atoms with Crippen molar-refractivity contribution in [3.05, 3.63) is 24.2 Å². The highest BCUT2D eigenvalue weighted by Gasteiger charge is 2.24. The highest BCUT2D eigenvalue weighted by atomic mass is 19.1. The Kier molecular flexibility index (Phi) is 2.64. The van der Waals surface area contributed by atoms with Crippen LogP contribution in [-0.2, 0) is 0 Å². The maximum atomic E-state index is 12.0. The summed E-state index contributed by atoms with van der Waals surface area (Å²) in [5.41, 5.74) is 0. The third-order valence-electron chi connectivity index (χ3n) is 2.62. The van der Waals surface area contributed by atoms with Crippen molar-refractivity contribution in [1.29, 1.82) is 0 Å². The van der Waals surface area contributed by atoms with E-state index in [-0.39, 0.29) is 6.67 Å². The number of halogens is 1. The van der Waals surface area contributed by atoms with Gasteiger partial charge in [0, 0.05) is 19.0 Å². The molecule has 0 amide bonds. The SMILES string of the molecule is FCCN1CCC(c2ccco2)C1. The zero-order valence-electron chi connectivity index (χ0n) is 7.58. The first-order valence-electron chi connectivity index (χ1n) is 4.72. The van der Waals surface area contributed by atoms with E-state index in [1.54, 1.807) is 6.26 Å². The van der Waals surface area contributed by atoms with Crippen molar-refractivity contribution in [2.45, 2.75) is 12.3 Å². The number of nitrogens with zero attached hydrogens (tertiary/aromatic N) is 1. The highest BCUT2D eigenvalue weighted by Crippen LogP contribution is 2.26. The summed E-state index contributed by atoms with van der Waals surface area (Å²) in [6.07, 6.45) is 2.79. The van der Waals surface area contributed by atoms with Crippen molar-refractivity contribution in [3.63, 3.8) is 0 Å². The van der Waals surface area contributed by atoms with Crippen molar-refractivity contribution >= 4 is 0 Å². The number of likely N-dealkylation sites (tertiary alicyclic amines) is 1. The molecule has 1 saturated heterocycles. The van der Waals surface area contributed by atoms with Crippen molar-refractivity contribution in [2.24, 2.45) is 0 Å². The molecule has 0 aliphatic carbocycles. The molecule has 2 nitrogen and oxygen atoms in total. The first-order valence-corrected chi connectivity index (χ1v) is 4.72. The van der Waals surface area contributed by atoms with Crippen LogP contribution in [0.5, 0.6) is 0 Å². The molecule has 1 aromatic rings. The Bertz CT molecular complexity index is 247. The van der Waals surface area contributed by atoms with Crippen LogP contribution in [0.2, 0.25) is 0 Å². The van der Waals surface area contributed by atoms with E-state index < -0.39 is 0 Å². The molecule has 0 spiro atoms. The normalized spacial score (nSPS) is 23.9. The van der Waals surface area contributed by atoms with Gasteiger partial charge in [-0.05, 0) is 25.1 Å². The molecule has 0 N–H and O–H groups in total. The third-order valence-corrected chi connectivity index (χ3v) is 2.62. The summed E-state index contributed by atoms with van der Waals surface area (Å²) in [5, 5.41) is 0. The monoisotopic (exact) mass is 183 g/mol. The molecule has 0 aromatic carbocycles. The first kappa shape index (κ1) is 8.75. The lowest BCUT2D eigenvalue weighted by Crippen LogP contribution is -2.22. The van der Waals surface area contributed by atoms with Crippen LogP contribution in [0.15, 0.2) is 22.8 Å². The molecule has 2 rings (SSSR count). The van der Waals surface area contributed by atoms with Gasteiger partial charge in [-0.25, -0.2) is 4.39 Å². The summed E-state index contributed by atoms with van der Waals surface area (Å²) in [4.78, 5) is 2.15. The predicted molar refractivity (Wildman–Crippen MR) is 48.5 cm³/mol. The molecule has 0 radical (unpaired) electrons. The predicted octanol–water partition coefficient (Wildman–Crippen LogP) is 2.04. The quantitative estimate of drug-likeness (QED) is 0.713. The Morgan fingerprint density at radius 3 is 3.23 bits per heavy atom. The molecule has 2 heterocycles. The summed E-state index contributed by atoms with van der Waals surface area (Å²) in [6.45, 7) is 2.26. The number of rotatable bonds is 3. The molecule has 0 saturated carbocycles. The van der Waals surface area contributed by atoms with Crippen LogP contribution in [0.1, 0.15) is 18.1 Å². The fourth-order valence-electron chi connectivity index (χ4n) is 1.91. The van der Waals surface area contributed by atoms with E-state index in [1.165, 1.54) is 0 Å². The maximum absolute atomic E-state index is 12.0. The lowest BCUT2D eigenvalue weighted by molar-refractivity contribution is 0.291. The number of alkyl halides is 1. The summed E-state index contributed by atoms with van der Waals surface area (Å²) in [7, 11) is 0. The van der Waals surface area contributed by atoms with Gasteiger partial charge >= 0.3 is 0 Å². The van der Waals surface area contributed by atoms with Crippen molar-refractivity contribution in [3.8, 4) is 0 Å². The Labute approximate surface area is 77.3 Å². The molecule has 72 valence electrons. The Hall–Kier alpha value is -0.830. The first-order chi connectivity index (χ1) is 6.40. The summed E-state index contributed by atoms with van der Waals surface area (Å²) in [5.74, 6) is 1.52. The van der Waals surface area contributed by atoms with E-state index in [0.717, 1.165) is 25.3 Å². The second-order valence-electron chi connectivity index (χ2n) is 3.49. The Balaban J connectivity index is 1.91. The van der Waals surface area contributed by atoms with Crippen molar-refractivity contribution < 1.29 is 8.81 Å². The van der Waals surface area contributed by atoms with E-state index in [0.29, 0.717) is 12.5 Å². The molecule has 1 aliphatic heterocycles. The van der Waals surface area contributed by atoms with Crippen LogP contribution in [0, 0.1) is 0 Å². The van der Waals surface area contributed by atoms with E-state index in [4.69, 9.17) is 4.42 Å². The van der Waals surface area contributed by atoms with Crippen molar-refractivity contribution in [1.82, 2.24) is 4.90 Å². The van der Waals surface area contributed by atoms with Gasteiger partial charge in [-0.2, -0.15) is 0 Å².